The molecular formula is C16H14F3N3O6. The molecule has 9 nitrogen and oxygen atoms in total. The van der Waals surface area contributed by atoms with Crippen LogP contribution in [-0.2, 0) is 6.18 Å². The zero-order chi connectivity index (χ0) is 21.1. The number of aliphatic hydroxyl groups is 2. The number of rotatable bonds is 7. The summed E-state index contributed by atoms with van der Waals surface area (Å²) in [7, 11) is 0. The third kappa shape index (κ3) is 4.72. The number of halogens is 3. The molecule has 12 heteroatoms. The second-order valence-corrected chi connectivity index (χ2v) is 5.71. The molecule has 0 aliphatic carbocycles. The fourth-order valence-corrected chi connectivity index (χ4v) is 2.43. The summed E-state index contributed by atoms with van der Waals surface area (Å²) in [6.45, 7) is -0.726. The van der Waals surface area contributed by atoms with Crippen LogP contribution in [0.15, 0.2) is 42.5 Å². The first-order valence-electron chi connectivity index (χ1n) is 7.70. The maximum absolute atomic E-state index is 12.8. The molecule has 0 heterocycles. The maximum atomic E-state index is 12.8. The Hall–Kier alpha value is -3.25. The molecule has 0 aliphatic heterocycles. The Bertz CT molecular complexity index is 873. The Morgan fingerprint density at radius 2 is 1.64 bits per heavy atom. The van der Waals surface area contributed by atoms with Crippen molar-refractivity contribution in [1.82, 2.24) is 0 Å². The van der Waals surface area contributed by atoms with Gasteiger partial charge in [0.15, 0.2) is 0 Å². The summed E-state index contributed by atoms with van der Waals surface area (Å²) in [6.07, 6.45) is -6.23. The van der Waals surface area contributed by atoms with Crippen molar-refractivity contribution in [3.05, 3.63) is 73.8 Å². The van der Waals surface area contributed by atoms with E-state index in [-0.39, 0.29) is 16.9 Å². The van der Waals surface area contributed by atoms with Gasteiger partial charge >= 0.3 is 6.18 Å². The van der Waals surface area contributed by atoms with Gasteiger partial charge in [-0.15, -0.1) is 0 Å². The van der Waals surface area contributed by atoms with Gasteiger partial charge in [0.1, 0.15) is 11.8 Å². The van der Waals surface area contributed by atoms with Crippen molar-refractivity contribution in [3.63, 3.8) is 0 Å². The van der Waals surface area contributed by atoms with Crippen molar-refractivity contribution < 1.29 is 33.2 Å². The van der Waals surface area contributed by atoms with Crippen LogP contribution >= 0.6 is 0 Å². The molecule has 0 bridgehead atoms. The van der Waals surface area contributed by atoms with Crippen LogP contribution in [0.2, 0.25) is 0 Å². The molecule has 2 aromatic carbocycles. The number of nitro groups is 2. The topological polar surface area (TPSA) is 139 Å². The van der Waals surface area contributed by atoms with Crippen molar-refractivity contribution in [2.45, 2.75) is 18.3 Å². The van der Waals surface area contributed by atoms with Gasteiger partial charge in [-0.2, -0.15) is 13.2 Å². The third-order valence-corrected chi connectivity index (χ3v) is 3.89. The van der Waals surface area contributed by atoms with Crippen LogP contribution < -0.4 is 5.32 Å². The molecule has 2 rings (SSSR count). The lowest BCUT2D eigenvalue weighted by molar-refractivity contribution is -0.384. The molecule has 0 aliphatic rings. The zero-order valence-electron chi connectivity index (χ0n) is 14.0. The second-order valence-electron chi connectivity index (χ2n) is 5.71. The van der Waals surface area contributed by atoms with E-state index in [1.54, 1.807) is 0 Å². The Morgan fingerprint density at radius 3 is 2.11 bits per heavy atom. The van der Waals surface area contributed by atoms with Gasteiger partial charge in [-0.1, -0.05) is 0 Å². The predicted octanol–water partition coefficient (Wildman–Crippen LogP) is 3.03. The van der Waals surface area contributed by atoms with Crippen LogP contribution in [-0.4, -0.2) is 32.7 Å². The van der Waals surface area contributed by atoms with Crippen molar-refractivity contribution in [2.75, 3.05) is 11.9 Å². The predicted molar refractivity (Wildman–Crippen MR) is 90.7 cm³/mol. The number of nitrogens with one attached hydrogen (secondary N) is 1. The molecule has 0 saturated heterocycles. The first-order chi connectivity index (χ1) is 13.0. The van der Waals surface area contributed by atoms with Gasteiger partial charge in [0.2, 0.25) is 0 Å². The van der Waals surface area contributed by atoms with Crippen molar-refractivity contribution in [3.8, 4) is 0 Å². The first-order valence-corrected chi connectivity index (χ1v) is 7.70. The van der Waals surface area contributed by atoms with Crippen LogP contribution in [0.5, 0.6) is 0 Å². The van der Waals surface area contributed by atoms with Gasteiger partial charge in [0.25, 0.3) is 11.4 Å². The smallest absolute Gasteiger partial charge is 0.394 e. The van der Waals surface area contributed by atoms with E-state index in [9.17, 15) is 43.6 Å². The van der Waals surface area contributed by atoms with Crippen LogP contribution in [0.25, 0.3) is 0 Å². The summed E-state index contributed by atoms with van der Waals surface area (Å²) in [6, 6.07) is 5.27. The molecule has 0 aromatic heterocycles. The Kier molecular flexibility index (Phi) is 6.16. The summed E-state index contributed by atoms with van der Waals surface area (Å²) in [5, 5.41) is 44.1. The highest BCUT2D eigenvalue weighted by Crippen LogP contribution is 2.36. The normalized spacial score (nSPS) is 13.6. The molecule has 0 radical (unpaired) electrons. The van der Waals surface area contributed by atoms with E-state index < -0.39 is 46.0 Å². The van der Waals surface area contributed by atoms with E-state index in [0.29, 0.717) is 12.1 Å². The highest BCUT2D eigenvalue weighted by molar-refractivity contribution is 5.63. The number of nitrogens with zero attached hydrogens (tertiary/aromatic N) is 2. The number of alkyl halides is 3. The standard InChI is InChI=1S/C16H14F3N3O6/c17-16(18,19)10-3-6-12(14(7-10)22(27)28)20-13(8-23)15(24)9-1-4-11(5-2-9)21(25)26/h1-7,13,15,20,23-24H,8H2/t13-,15+/m0/s1. The number of anilines is 1. The summed E-state index contributed by atoms with van der Waals surface area (Å²) in [5.74, 6) is 0. The summed E-state index contributed by atoms with van der Waals surface area (Å²) in [5.41, 5.74) is -2.52. The quantitative estimate of drug-likeness (QED) is 0.479. The number of nitro benzene ring substituents is 2. The number of non-ortho nitro benzene ring substituents is 1. The lowest BCUT2D eigenvalue weighted by Crippen LogP contribution is -2.31. The Morgan fingerprint density at radius 1 is 1.04 bits per heavy atom. The van der Waals surface area contributed by atoms with Gasteiger partial charge in [0.05, 0.1) is 28.1 Å². The first kappa shape index (κ1) is 21.1. The van der Waals surface area contributed by atoms with E-state index >= 15 is 0 Å². The average molecular weight is 401 g/mol. The highest BCUT2D eigenvalue weighted by atomic mass is 19.4. The maximum Gasteiger partial charge on any atom is 0.416 e. The minimum absolute atomic E-state index is 0.159. The third-order valence-electron chi connectivity index (χ3n) is 3.89. The number of hydrogen-bond donors (Lipinski definition) is 3. The molecule has 0 spiro atoms. The summed E-state index contributed by atoms with van der Waals surface area (Å²) in [4.78, 5) is 20.1. The lowest BCUT2D eigenvalue weighted by Gasteiger charge is -2.23. The highest BCUT2D eigenvalue weighted by Gasteiger charge is 2.33. The average Bonchev–Trinajstić information content (AvgIpc) is 2.64. The molecule has 0 amide bonds. The molecule has 0 saturated carbocycles. The van der Waals surface area contributed by atoms with Crippen molar-refractivity contribution in [2.24, 2.45) is 0 Å². The Labute approximate surface area is 155 Å². The van der Waals surface area contributed by atoms with Crippen LogP contribution in [0, 0.1) is 20.2 Å². The van der Waals surface area contributed by atoms with Gasteiger partial charge in [-0.3, -0.25) is 20.2 Å². The van der Waals surface area contributed by atoms with E-state index in [0.717, 1.165) is 18.2 Å². The molecule has 2 aromatic rings. The van der Waals surface area contributed by atoms with Crippen molar-refractivity contribution >= 4 is 17.1 Å². The second kappa shape index (κ2) is 8.19. The molecule has 2 atom stereocenters. The minimum atomic E-state index is -4.78. The molecular weight excluding hydrogens is 387 g/mol. The monoisotopic (exact) mass is 401 g/mol. The fraction of sp³-hybridized carbons (Fsp3) is 0.250. The summed E-state index contributed by atoms with van der Waals surface area (Å²) < 4.78 is 38.3. The number of aliphatic hydroxyl groups excluding tert-OH is 2. The largest absolute Gasteiger partial charge is 0.416 e. The fourth-order valence-electron chi connectivity index (χ4n) is 2.43. The van der Waals surface area contributed by atoms with Gasteiger partial charge in [-0.05, 0) is 29.8 Å². The number of hydrogen-bond acceptors (Lipinski definition) is 7. The van der Waals surface area contributed by atoms with Crippen LogP contribution in [0.4, 0.5) is 30.2 Å². The molecule has 28 heavy (non-hydrogen) atoms. The van der Waals surface area contributed by atoms with Gasteiger partial charge in [-0.25, -0.2) is 0 Å². The molecule has 3 N–H and O–H groups in total. The molecule has 0 fully saturated rings. The lowest BCUT2D eigenvalue weighted by atomic mass is 10.0. The van der Waals surface area contributed by atoms with E-state index in [1.807, 2.05) is 0 Å². The molecule has 150 valence electrons. The SMILES string of the molecule is O=[N+]([O-])c1ccc([C@@H](O)[C@H](CO)Nc2ccc(C(F)(F)F)cc2[N+](=O)[O-])cc1. The van der Waals surface area contributed by atoms with Gasteiger partial charge in [0, 0.05) is 18.2 Å². The van der Waals surface area contributed by atoms with E-state index in [4.69, 9.17) is 0 Å². The zero-order valence-corrected chi connectivity index (χ0v) is 14.0. The number of benzene rings is 2. The van der Waals surface area contributed by atoms with Crippen LogP contribution in [0.3, 0.4) is 0 Å². The Balaban J connectivity index is 2.30. The van der Waals surface area contributed by atoms with Crippen molar-refractivity contribution in [1.29, 1.82) is 0 Å². The van der Waals surface area contributed by atoms with E-state index in [1.165, 1.54) is 12.1 Å². The van der Waals surface area contributed by atoms with E-state index in [2.05, 4.69) is 5.32 Å². The van der Waals surface area contributed by atoms with Crippen LogP contribution in [0.1, 0.15) is 17.2 Å². The minimum Gasteiger partial charge on any atom is -0.394 e. The molecule has 0 unspecified atom stereocenters. The van der Waals surface area contributed by atoms with Gasteiger partial charge < -0.3 is 15.5 Å². The summed E-state index contributed by atoms with van der Waals surface area (Å²) >= 11 is 0.